The van der Waals surface area contributed by atoms with Gasteiger partial charge in [0.1, 0.15) is 5.82 Å². The van der Waals surface area contributed by atoms with Crippen LogP contribution in [-0.4, -0.2) is 25.6 Å². The van der Waals surface area contributed by atoms with E-state index in [9.17, 15) is 9.18 Å². The van der Waals surface area contributed by atoms with Gasteiger partial charge in [-0.05, 0) is 42.8 Å². The molecule has 0 saturated heterocycles. The molecule has 0 spiro atoms. The van der Waals surface area contributed by atoms with Crippen LogP contribution in [0.4, 0.5) is 4.39 Å². The number of ether oxygens (including phenoxy) is 3. The van der Waals surface area contributed by atoms with Gasteiger partial charge in [-0.3, -0.25) is 0 Å². The molecule has 0 fully saturated rings. The Kier molecular flexibility index (Phi) is 5.31. The highest BCUT2D eigenvalue weighted by Crippen LogP contribution is 2.33. The molecule has 2 aromatic carbocycles. The molecule has 5 nitrogen and oxygen atoms in total. The first-order valence-corrected chi connectivity index (χ1v) is 8.20. The number of hydrogen-bond acceptors (Lipinski definition) is 5. The van der Waals surface area contributed by atoms with Gasteiger partial charge in [0.15, 0.2) is 17.2 Å². The number of nitrogens with zero attached hydrogens (tertiary/aromatic N) is 1. The van der Waals surface area contributed by atoms with Crippen LogP contribution in [0.15, 0.2) is 53.2 Å². The Balaban J connectivity index is 1.96. The Morgan fingerprint density at radius 3 is 2.65 bits per heavy atom. The van der Waals surface area contributed by atoms with Crippen LogP contribution in [0.3, 0.4) is 0 Å². The van der Waals surface area contributed by atoms with E-state index in [1.165, 1.54) is 24.3 Å². The predicted molar refractivity (Wildman–Crippen MR) is 95.8 cm³/mol. The fourth-order valence-electron chi connectivity index (χ4n) is 2.44. The quantitative estimate of drug-likeness (QED) is 0.581. The van der Waals surface area contributed by atoms with E-state index in [1.807, 2.05) is 6.92 Å². The average molecular weight is 355 g/mol. The highest BCUT2D eigenvalue weighted by Gasteiger charge is 2.25. The first kappa shape index (κ1) is 17.7. The van der Waals surface area contributed by atoms with Gasteiger partial charge >= 0.3 is 5.97 Å². The molecule has 0 unspecified atom stereocenters. The van der Waals surface area contributed by atoms with Crippen LogP contribution in [0, 0.1) is 5.82 Å². The van der Waals surface area contributed by atoms with Crippen molar-refractivity contribution in [1.82, 2.24) is 0 Å². The van der Waals surface area contributed by atoms with E-state index >= 15 is 0 Å². The third-order valence-electron chi connectivity index (χ3n) is 3.68. The van der Waals surface area contributed by atoms with Crippen molar-refractivity contribution in [3.63, 3.8) is 0 Å². The van der Waals surface area contributed by atoms with E-state index < -0.39 is 5.97 Å². The second-order valence-corrected chi connectivity index (χ2v) is 5.57. The number of esters is 1. The van der Waals surface area contributed by atoms with Crippen molar-refractivity contribution in [3.8, 4) is 11.5 Å². The molecule has 0 aliphatic carbocycles. The Hall–Kier alpha value is -3.15. The lowest BCUT2D eigenvalue weighted by Crippen LogP contribution is -2.05. The number of carbonyl (C=O) groups excluding carboxylic acids is 1. The normalized spacial score (nSPS) is 15.0. The Morgan fingerprint density at radius 2 is 1.96 bits per heavy atom. The monoisotopic (exact) mass is 355 g/mol. The SMILES string of the molecule is CCCOc1c(/C=C2\N=C(c3ccc(F)cc3)OC2=O)cccc1OC. The molecule has 1 heterocycles. The van der Waals surface area contributed by atoms with E-state index in [2.05, 4.69) is 4.99 Å². The summed E-state index contributed by atoms with van der Waals surface area (Å²) in [6.45, 7) is 2.52. The number of halogens is 1. The lowest BCUT2D eigenvalue weighted by Gasteiger charge is -2.12. The first-order chi connectivity index (χ1) is 12.6. The summed E-state index contributed by atoms with van der Waals surface area (Å²) in [6.07, 6.45) is 2.43. The van der Waals surface area contributed by atoms with Gasteiger partial charge in [-0.1, -0.05) is 19.1 Å². The topological polar surface area (TPSA) is 57.1 Å². The van der Waals surface area contributed by atoms with E-state index in [-0.39, 0.29) is 17.4 Å². The van der Waals surface area contributed by atoms with Crippen LogP contribution in [-0.2, 0) is 9.53 Å². The molecule has 0 atom stereocenters. The lowest BCUT2D eigenvalue weighted by molar-refractivity contribution is -0.129. The summed E-state index contributed by atoms with van der Waals surface area (Å²) in [5.41, 5.74) is 1.32. The van der Waals surface area contributed by atoms with Gasteiger partial charge < -0.3 is 14.2 Å². The van der Waals surface area contributed by atoms with Crippen LogP contribution < -0.4 is 9.47 Å². The minimum atomic E-state index is -0.575. The second kappa shape index (κ2) is 7.82. The molecule has 0 amide bonds. The number of methoxy groups -OCH3 is 1. The summed E-state index contributed by atoms with van der Waals surface area (Å²) in [7, 11) is 1.56. The van der Waals surface area contributed by atoms with Crippen molar-refractivity contribution in [2.75, 3.05) is 13.7 Å². The minimum absolute atomic E-state index is 0.138. The van der Waals surface area contributed by atoms with E-state index in [0.29, 0.717) is 29.2 Å². The zero-order valence-corrected chi connectivity index (χ0v) is 14.5. The molecule has 0 radical (unpaired) electrons. The number of hydrogen-bond donors (Lipinski definition) is 0. The highest BCUT2D eigenvalue weighted by atomic mass is 19.1. The Labute approximate surface area is 150 Å². The molecule has 0 aromatic heterocycles. The van der Waals surface area contributed by atoms with Gasteiger partial charge in [0, 0.05) is 11.1 Å². The van der Waals surface area contributed by atoms with Gasteiger partial charge in [0.25, 0.3) is 0 Å². The van der Waals surface area contributed by atoms with Crippen LogP contribution in [0.25, 0.3) is 6.08 Å². The molecule has 3 rings (SSSR count). The van der Waals surface area contributed by atoms with Gasteiger partial charge in [0.05, 0.1) is 13.7 Å². The maximum absolute atomic E-state index is 13.0. The zero-order valence-electron chi connectivity index (χ0n) is 14.5. The van der Waals surface area contributed by atoms with Crippen molar-refractivity contribution < 1.29 is 23.4 Å². The number of rotatable bonds is 6. The molecule has 2 aromatic rings. The summed E-state index contributed by atoms with van der Waals surface area (Å²) in [4.78, 5) is 16.4. The molecular formula is C20H18FNO4. The van der Waals surface area contributed by atoms with E-state index in [1.54, 1.807) is 31.4 Å². The number of carbonyl (C=O) groups is 1. The summed E-state index contributed by atoms with van der Waals surface area (Å²) in [5, 5.41) is 0. The molecular weight excluding hydrogens is 337 g/mol. The fraction of sp³-hybridized carbons (Fsp3) is 0.200. The molecule has 134 valence electrons. The van der Waals surface area contributed by atoms with Crippen LogP contribution in [0.5, 0.6) is 11.5 Å². The average Bonchev–Trinajstić information content (AvgIpc) is 3.01. The van der Waals surface area contributed by atoms with Gasteiger partial charge in [0.2, 0.25) is 5.90 Å². The lowest BCUT2D eigenvalue weighted by atomic mass is 10.1. The second-order valence-electron chi connectivity index (χ2n) is 5.57. The molecule has 0 bridgehead atoms. The summed E-state index contributed by atoms with van der Waals surface area (Å²) >= 11 is 0. The highest BCUT2D eigenvalue weighted by molar-refractivity contribution is 6.12. The first-order valence-electron chi connectivity index (χ1n) is 8.20. The summed E-state index contributed by atoms with van der Waals surface area (Å²) < 4.78 is 29.3. The molecule has 1 aliphatic heterocycles. The molecule has 26 heavy (non-hydrogen) atoms. The largest absolute Gasteiger partial charge is 0.493 e. The van der Waals surface area contributed by atoms with Crippen molar-refractivity contribution in [2.24, 2.45) is 4.99 Å². The smallest absolute Gasteiger partial charge is 0.363 e. The van der Waals surface area contributed by atoms with Gasteiger partial charge in [-0.2, -0.15) is 0 Å². The fourth-order valence-corrected chi connectivity index (χ4v) is 2.44. The number of para-hydroxylation sites is 1. The zero-order chi connectivity index (χ0) is 18.5. The van der Waals surface area contributed by atoms with Crippen molar-refractivity contribution in [2.45, 2.75) is 13.3 Å². The number of aliphatic imine (C=N–C) groups is 1. The van der Waals surface area contributed by atoms with Crippen molar-refractivity contribution in [3.05, 3.63) is 65.1 Å². The molecule has 0 saturated carbocycles. The van der Waals surface area contributed by atoms with Crippen molar-refractivity contribution in [1.29, 1.82) is 0 Å². The van der Waals surface area contributed by atoms with E-state index in [0.717, 1.165) is 6.42 Å². The number of benzene rings is 2. The minimum Gasteiger partial charge on any atom is -0.493 e. The summed E-state index contributed by atoms with van der Waals surface area (Å²) in [5.74, 6) is 0.307. The third-order valence-corrected chi connectivity index (χ3v) is 3.68. The van der Waals surface area contributed by atoms with Gasteiger partial charge in [-0.25, -0.2) is 14.2 Å². The molecule has 6 heteroatoms. The van der Waals surface area contributed by atoms with Gasteiger partial charge in [-0.15, -0.1) is 0 Å². The standard InChI is InChI=1S/C20H18FNO4/c1-3-11-25-18-14(5-4-6-17(18)24-2)12-16-20(23)26-19(22-16)13-7-9-15(21)10-8-13/h4-10,12H,3,11H2,1-2H3/b16-12-. The third kappa shape index (κ3) is 3.74. The summed E-state index contributed by atoms with van der Waals surface area (Å²) in [6, 6.07) is 11.0. The molecule has 0 N–H and O–H groups in total. The van der Waals surface area contributed by atoms with E-state index in [4.69, 9.17) is 14.2 Å². The van der Waals surface area contributed by atoms with Crippen LogP contribution in [0.2, 0.25) is 0 Å². The Bertz CT molecular complexity index is 872. The van der Waals surface area contributed by atoms with Crippen LogP contribution >= 0.6 is 0 Å². The predicted octanol–water partition coefficient (Wildman–Crippen LogP) is 3.97. The maximum atomic E-state index is 13.0. The molecule has 1 aliphatic rings. The maximum Gasteiger partial charge on any atom is 0.363 e. The van der Waals surface area contributed by atoms with Crippen LogP contribution in [0.1, 0.15) is 24.5 Å². The van der Waals surface area contributed by atoms with Crippen molar-refractivity contribution >= 4 is 17.9 Å². The number of cyclic esters (lactones) is 1. The Morgan fingerprint density at radius 1 is 1.19 bits per heavy atom.